The highest BCUT2D eigenvalue weighted by Crippen LogP contribution is 2.45. The van der Waals surface area contributed by atoms with Crippen LogP contribution in [-0.4, -0.2) is 103 Å². The molecule has 2 aromatic carbocycles. The summed E-state index contributed by atoms with van der Waals surface area (Å²) in [7, 11) is 1.69. The summed E-state index contributed by atoms with van der Waals surface area (Å²) in [4.78, 5) is 30.4. The van der Waals surface area contributed by atoms with E-state index in [4.69, 9.17) is 24.5 Å². The van der Waals surface area contributed by atoms with Crippen LogP contribution in [0.4, 0.5) is 13.2 Å². The Kier molecular flexibility index (Phi) is 9.97. The summed E-state index contributed by atoms with van der Waals surface area (Å²) in [6.07, 6.45) is -3.42. The van der Waals surface area contributed by atoms with E-state index in [1.165, 1.54) is 10.9 Å². The van der Waals surface area contributed by atoms with E-state index in [0.29, 0.717) is 19.7 Å². The van der Waals surface area contributed by atoms with Gasteiger partial charge in [0.1, 0.15) is 18.1 Å². The number of ether oxygens (including phenoxy) is 2. The Morgan fingerprint density at radius 1 is 1.12 bits per heavy atom. The molecule has 13 heteroatoms. The lowest BCUT2D eigenvalue weighted by atomic mass is 9.83. The summed E-state index contributed by atoms with van der Waals surface area (Å²) in [6.45, 7) is 4.37. The minimum atomic E-state index is -5.08. The van der Waals surface area contributed by atoms with Crippen molar-refractivity contribution in [2.75, 3.05) is 59.6 Å². The third-order valence-corrected chi connectivity index (χ3v) is 7.54. The van der Waals surface area contributed by atoms with Gasteiger partial charge in [0.05, 0.1) is 25.8 Å². The molecule has 1 amide bonds. The third-order valence-electron chi connectivity index (χ3n) is 7.54. The molecule has 0 aliphatic carbocycles. The fourth-order valence-corrected chi connectivity index (χ4v) is 5.61. The van der Waals surface area contributed by atoms with Crippen LogP contribution in [0.1, 0.15) is 17.7 Å². The van der Waals surface area contributed by atoms with E-state index in [-0.39, 0.29) is 19.1 Å². The number of carbonyl (C=O) groups excluding carboxylic acids is 1. The van der Waals surface area contributed by atoms with Gasteiger partial charge in [-0.2, -0.15) is 13.2 Å². The number of aliphatic hydroxyl groups excluding tert-OH is 1. The van der Waals surface area contributed by atoms with E-state index in [0.717, 1.165) is 55.2 Å². The maximum Gasteiger partial charge on any atom is 0.490 e. The SMILES string of the molecule is COc1ccc2[nH]c3c(c2c1)CCN(C(=O)CNCCO)C31CCN(CCOc2ccccc2)C1.O=C(O)C(F)(F)F. The van der Waals surface area contributed by atoms with Crippen LogP contribution in [0.3, 0.4) is 0 Å². The van der Waals surface area contributed by atoms with Crippen LogP contribution in [0, 0.1) is 0 Å². The number of fused-ring (bicyclic) bond motifs is 4. The first-order chi connectivity index (χ1) is 20.1. The van der Waals surface area contributed by atoms with Crippen molar-refractivity contribution >= 4 is 22.8 Å². The number of nitrogens with one attached hydrogen (secondary N) is 2. The first-order valence-corrected chi connectivity index (χ1v) is 13.6. The molecular formula is C29H35F3N4O6. The largest absolute Gasteiger partial charge is 0.497 e. The molecule has 10 nitrogen and oxygen atoms in total. The minimum absolute atomic E-state index is 0.0155. The van der Waals surface area contributed by atoms with E-state index >= 15 is 0 Å². The number of carbonyl (C=O) groups is 2. The zero-order chi connectivity index (χ0) is 30.3. The second kappa shape index (κ2) is 13.4. The van der Waals surface area contributed by atoms with Crippen LogP contribution in [-0.2, 0) is 21.5 Å². The van der Waals surface area contributed by atoms with Gasteiger partial charge in [-0.1, -0.05) is 18.2 Å². The average molecular weight is 593 g/mol. The summed E-state index contributed by atoms with van der Waals surface area (Å²) in [5.74, 6) is -0.973. The molecule has 5 rings (SSSR count). The number of hydrogen-bond acceptors (Lipinski definition) is 7. The number of aromatic nitrogens is 1. The van der Waals surface area contributed by atoms with E-state index in [9.17, 15) is 18.0 Å². The van der Waals surface area contributed by atoms with Gasteiger partial charge in [-0.3, -0.25) is 9.69 Å². The van der Waals surface area contributed by atoms with Gasteiger partial charge in [0, 0.05) is 49.3 Å². The van der Waals surface area contributed by atoms with Gasteiger partial charge in [-0.05, 0) is 48.7 Å². The Hall–Kier alpha value is -3.81. The number of carboxylic acid groups (broad SMARTS) is 1. The number of halogens is 3. The van der Waals surface area contributed by atoms with E-state index in [2.05, 4.69) is 32.2 Å². The summed E-state index contributed by atoms with van der Waals surface area (Å²) in [6, 6.07) is 16.0. The Balaban J connectivity index is 0.000000517. The normalized spacial score (nSPS) is 18.5. The highest BCUT2D eigenvalue weighted by molar-refractivity contribution is 5.88. The maximum atomic E-state index is 13.4. The fourth-order valence-electron chi connectivity index (χ4n) is 5.61. The van der Waals surface area contributed by atoms with Crippen molar-refractivity contribution in [1.82, 2.24) is 20.1 Å². The Labute approximate surface area is 241 Å². The van der Waals surface area contributed by atoms with Crippen molar-refractivity contribution in [3.05, 3.63) is 59.8 Å². The second-order valence-electron chi connectivity index (χ2n) is 10.1. The molecule has 228 valence electrons. The van der Waals surface area contributed by atoms with Crippen LogP contribution in [0.15, 0.2) is 48.5 Å². The summed E-state index contributed by atoms with van der Waals surface area (Å²) >= 11 is 0. The summed E-state index contributed by atoms with van der Waals surface area (Å²) in [5, 5.41) is 20.5. The van der Waals surface area contributed by atoms with Gasteiger partial charge >= 0.3 is 12.1 Å². The van der Waals surface area contributed by atoms with Crippen LogP contribution < -0.4 is 14.8 Å². The molecule has 1 aromatic heterocycles. The molecule has 1 fully saturated rings. The average Bonchev–Trinajstić information content (AvgIpc) is 3.56. The molecule has 3 heterocycles. The lowest BCUT2D eigenvalue weighted by Gasteiger charge is -2.45. The second-order valence-corrected chi connectivity index (χ2v) is 10.1. The van der Waals surface area contributed by atoms with Gasteiger partial charge in [0.15, 0.2) is 0 Å². The number of likely N-dealkylation sites (tertiary alicyclic amines) is 1. The lowest BCUT2D eigenvalue weighted by Crippen LogP contribution is -2.57. The highest BCUT2D eigenvalue weighted by Gasteiger charge is 2.50. The van der Waals surface area contributed by atoms with Gasteiger partial charge in [-0.25, -0.2) is 4.79 Å². The molecule has 0 bridgehead atoms. The number of rotatable bonds is 9. The number of amides is 1. The van der Waals surface area contributed by atoms with Gasteiger partial charge in [0.2, 0.25) is 5.91 Å². The van der Waals surface area contributed by atoms with Crippen molar-refractivity contribution in [3.8, 4) is 11.5 Å². The minimum Gasteiger partial charge on any atom is -0.497 e. The molecule has 3 aromatic rings. The first-order valence-electron chi connectivity index (χ1n) is 13.6. The quantitative estimate of drug-likeness (QED) is 0.280. The number of methoxy groups -OCH3 is 1. The maximum absolute atomic E-state index is 13.4. The van der Waals surface area contributed by atoms with Crippen LogP contribution in [0.5, 0.6) is 11.5 Å². The number of aliphatic hydroxyl groups is 1. The van der Waals surface area contributed by atoms with Crippen LogP contribution in [0.25, 0.3) is 10.9 Å². The first kappa shape index (κ1) is 31.1. The number of aliphatic carboxylic acids is 1. The number of aromatic amines is 1. The summed E-state index contributed by atoms with van der Waals surface area (Å²) in [5.41, 5.74) is 3.10. The smallest absolute Gasteiger partial charge is 0.490 e. The molecular weight excluding hydrogens is 557 g/mol. The number of benzene rings is 2. The molecule has 0 saturated carbocycles. The predicted molar refractivity (Wildman–Crippen MR) is 149 cm³/mol. The molecule has 42 heavy (non-hydrogen) atoms. The molecule has 1 spiro atoms. The standard InChI is InChI=1S/C27H34N4O4.C2HF3O2/c1-34-21-7-8-24-23(17-21)22-9-12-31(25(33)18-28-11-15-32)27(26(22)29-24)10-13-30(19-27)14-16-35-20-5-3-2-4-6-20;3-2(4,5)1(6)7/h2-8,17,28-29,32H,9-16,18-19H2,1H3;(H,6,7). The van der Waals surface area contributed by atoms with Crippen molar-refractivity contribution < 1.29 is 42.4 Å². The van der Waals surface area contributed by atoms with Crippen molar-refractivity contribution in [2.24, 2.45) is 0 Å². The molecule has 0 radical (unpaired) electrons. The van der Waals surface area contributed by atoms with E-state index < -0.39 is 17.7 Å². The van der Waals surface area contributed by atoms with Crippen LogP contribution >= 0.6 is 0 Å². The van der Waals surface area contributed by atoms with Gasteiger partial charge < -0.3 is 34.9 Å². The van der Waals surface area contributed by atoms with Crippen molar-refractivity contribution in [1.29, 1.82) is 0 Å². The van der Waals surface area contributed by atoms with E-state index in [1.54, 1.807) is 7.11 Å². The fraction of sp³-hybridized carbons (Fsp3) is 0.448. The molecule has 1 unspecified atom stereocenters. The number of para-hydroxylation sites is 1. The van der Waals surface area contributed by atoms with E-state index in [1.807, 2.05) is 36.4 Å². The van der Waals surface area contributed by atoms with Crippen molar-refractivity contribution in [2.45, 2.75) is 24.6 Å². The van der Waals surface area contributed by atoms with Gasteiger partial charge in [-0.15, -0.1) is 0 Å². The predicted octanol–water partition coefficient (Wildman–Crippen LogP) is 2.76. The Morgan fingerprint density at radius 2 is 1.86 bits per heavy atom. The number of hydrogen-bond donors (Lipinski definition) is 4. The third kappa shape index (κ3) is 6.97. The molecule has 4 N–H and O–H groups in total. The number of nitrogens with zero attached hydrogens (tertiary/aromatic N) is 2. The molecule has 2 aliphatic heterocycles. The topological polar surface area (TPSA) is 127 Å². The van der Waals surface area contributed by atoms with Crippen LogP contribution in [0.2, 0.25) is 0 Å². The zero-order valence-corrected chi connectivity index (χ0v) is 23.2. The molecule has 1 atom stereocenters. The Bertz CT molecular complexity index is 1370. The highest BCUT2D eigenvalue weighted by atomic mass is 19.4. The Morgan fingerprint density at radius 3 is 2.52 bits per heavy atom. The zero-order valence-electron chi connectivity index (χ0n) is 23.2. The lowest BCUT2D eigenvalue weighted by molar-refractivity contribution is -0.192. The summed E-state index contributed by atoms with van der Waals surface area (Å²) < 4.78 is 43.2. The number of carboxylic acids is 1. The number of alkyl halides is 3. The monoisotopic (exact) mass is 592 g/mol. The molecule has 2 aliphatic rings. The molecule has 1 saturated heterocycles. The van der Waals surface area contributed by atoms with Gasteiger partial charge in [0.25, 0.3) is 0 Å². The van der Waals surface area contributed by atoms with Crippen molar-refractivity contribution in [3.63, 3.8) is 0 Å². The number of H-pyrrole nitrogens is 1.